The van der Waals surface area contributed by atoms with Crippen LogP contribution >= 0.6 is 22.9 Å². The number of thiophene rings is 1. The monoisotopic (exact) mass is 241 g/mol. The number of hydrogen-bond acceptors (Lipinski definition) is 2. The maximum atomic E-state index is 5.62. The Morgan fingerprint density at radius 1 is 1.47 bits per heavy atom. The van der Waals surface area contributed by atoms with Crippen molar-refractivity contribution in [2.75, 3.05) is 12.4 Å². The third kappa shape index (κ3) is 3.63. The van der Waals surface area contributed by atoms with Gasteiger partial charge in [0.25, 0.3) is 0 Å². The van der Waals surface area contributed by atoms with Crippen molar-refractivity contribution >= 4 is 22.9 Å². The largest absolute Gasteiger partial charge is 0.292 e. The van der Waals surface area contributed by atoms with Crippen LogP contribution in [0, 0.1) is 0 Å². The summed E-state index contributed by atoms with van der Waals surface area (Å²) in [6, 6.07) is 5.15. The number of hydrogen-bond donors (Lipinski definition) is 0. The zero-order valence-electron chi connectivity index (χ0n) is 8.73. The summed E-state index contributed by atoms with van der Waals surface area (Å²) in [5.74, 6) is 0.623. The van der Waals surface area contributed by atoms with Crippen molar-refractivity contribution in [3.05, 3.63) is 34.5 Å². The normalized spacial score (nSPS) is 16.7. The van der Waals surface area contributed by atoms with E-state index >= 15 is 0 Å². The van der Waals surface area contributed by atoms with Gasteiger partial charge < -0.3 is 0 Å². The molecule has 1 heterocycles. The van der Waals surface area contributed by atoms with Gasteiger partial charge in [-0.15, -0.1) is 22.9 Å². The molecule has 0 saturated heterocycles. The fraction of sp³-hybridized carbons (Fsp3) is 0.500. The van der Waals surface area contributed by atoms with E-state index in [4.69, 9.17) is 11.6 Å². The van der Waals surface area contributed by atoms with Crippen LogP contribution in [0.4, 0.5) is 0 Å². The van der Waals surface area contributed by atoms with E-state index in [0.29, 0.717) is 5.88 Å². The Kier molecular flexibility index (Phi) is 4.24. The molecule has 0 atom stereocenters. The molecule has 1 aromatic heterocycles. The number of allylic oxidation sites excluding steroid dienone is 1. The molecule has 0 radical (unpaired) electrons. The van der Waals surface area contributed by atoms with Crippen molar-refractivity contribution in [1.82, 2.24) is 4.90 Å². The molecule has 1 aliphatic carbocycles. The molecule has 0 aromatic carbocycles. The highest BCUT2D eigenvalue weighted by Crippen LogP contribution is 2.28. The first kappa shape index (κ1) is 11.2. The van der Waals surface area contributed by atoms with Crippen LogP contribution in [0.15, 0.2) is 29.7 Å². The topological polar surface area (TPSA) is 3.24 Å². The first-order chi connectivity index (χ1) is 7.40. The molecule has 0 bridgehead atoms. The van der Waals surface area contributed by atoms with Crippen molar-refractivity contribution < 1.29 is 0 Å². The standard InChI is InChI=1S/C12H16ClNS/c13-7-1-2-8-14(11-5-6-11)10-12-4-3-9-15-12/h1-4,9,11H,5-8,10H2. The highest BCUT2D eigenvalue weighted by atomic mass is 35.5. The lowest BCUT2D eigenvalue weighted by Gasteiger charge is -2.19. The van der Waals surface area contributed by atoms with Crippen LogP contribution in [-0.4, -0.2) is 23.4 Å². The van der Waals surface area contributed by atoms with Gasteiger partial charge in [0.05, 0.1) is 0 Å². The van der Waals surface area contributed by atoms with Crippen LogP contribution in [0.3, 0.4) is 0 Å². The fourth-order valence-corrected chi connectivity index (χ4v) is 2.51. The number of rotatable bonds is 6. The third-order valence-corrected chi connectivity index (χ3v) is 3.64. The van der Waals surface area contributed by atoms with Gasteiger partial charge in [0.15, 0.2) is 0 Å². The molecule has 0 spiro atoms. The van der Waals surface area contributed by atoms with E-state index < -0.39 is 0 Å². The van der Waals surface area contributed by atoms with Crippen LogP contribution in [0.2, 0.25) is 0 Å². The van der Waals surface area contributed by atoms with Crippen molar-refractivity contribution in [3.8, 4) is 0 Å². The van der Waals surface area contributed by atoms with E-state index in [1.807, 2.05) is 17.4 Å². The first-order valence-electron chi connectivity index (χ1n) is 5.37. The van der Waals surface area contributed by atoms with Gasteiger partial charge in [-0.05, 0) is 24.3 Å². The second kappa shape index (κ2) is 5.69. The second-order valence-electron chi connectivity index (χ2n) is 3.87. The molecule has 1 saturated carbocycles. The Hall–Kier alpha value is -0.310. The Labute approximate surface area is 100 Å². The quantitative estimate of drug-likeness (QED) is 0.544. The van der Waals surface area contributed by atoms with Gasteiger partial charge in [-0.1, -0.05) is 18.2 Å². The summed E-state index contributed by atoms with van der Waals surface area (Å²) in [5, 5.41) is 2.15. The van der Waals surface area contributed by atoms with Gasteiger partial charge in [-0.25, -0.2) is 0 Å². The molecular formula is C12H16ClNS. The SMILES string of the molecule is ClCC=CCN(Cc1cccs1)C1CC1. The van der Waals surface area contributed by atoms with E-state index in [9.17, 15) is 0 Å². The van der Waals surface area contributed by atoms with E-state index in [0.717, 1.165) is 19.1 Å². The van der Waals surface area contributed by atoms with Crippen LogP contribution in [-0.2, 0) is 6.54 Å². The number of nitrogens with zero attached hydrogens (tertiary/aromatic N) is 1. The first-order valence-corrected chi connectivity index (χ1v) is 6.79. The lowest BCUT2D eigenvalue weighted by Crippen LogP contribution is -2.25. The smallest absolute Gasteiger partial charge is 0.0404 e. The molecule has 2 rings (SSSR count). The zero-order chi connectivity index (χ0) is 10.5. The summed E-state index contributed by atoms with van der Waals surface area (Å²) in [6.07, 6.45) is 6.93. The van der Waals surface area contributed by atoms with Crippen LogP contribution < -0.4 is 0 Å². The average Bonchev–Trinajstić information content (AvgIpc) is 2.97. The highest BCUT2D eigenvalue weighted by molar-refractivity contribution is 7.09. The van der Waals surface area contributed by atoms with E-state index in [1.54, 1.807) is 0 Å². The fourth-order valence-electron chi connectivity index (χ4n) is 1.66. The summed E-state index contributed by atoms with van der Waals surface area (Å²) >= 11 is 7.46. The minimum atomic E-state index is 0.623. The van der Waals surface area contributed by atoms with Crippen LogP contribution in [0.25, 0.3) is 0 Å². The van der Waals surface area contributed by atoms with Gasteiger partial charge in [-0.2, -0.15) is 0 Å². The lowest BCUT2D eigenvalue weighted by molar-refractivity contribution is 0.286. The Bertz CT molecular complexity index is 303. The minimum Gasteiger partial charge on any atom is -0.292 e. The average molecular weight is 242 g/mol. The lowest BCUT2D eigenvalue weighted by atomic mass is 10.3. The summed E-state index contributed by atoms with van der Waals surface area (Å²) in [6.45, 7) is 2.13. The predicted octanol–water partition coefficient (Wildman–Crippen LogP) is 3.51. The zero-order valence-corrected chi connectivity index (χ0v) is 10.3. The van der Waals surface area contributed by atoms with Crippen molar-refractivity contribution in [2.24, 2.45) is 0 Å². The maximum absolute atomic E-state index is 5.62. The molecule has 15 heavy (non-hydrogen) atoms. The molecule has 82 valence electrons. The molecule has 0 aliphatic heterocycles. The van der Waals surface area contributed by atoms with Gasteiger partial charge in [-0.3, -0.25) is 4.90 Å². The third-order valence-electron chi connectivity index (χ3n) is 2.60. The molecule has 1 aliphatic rings. The van der Waals surface area contributed by atoms with Crippen LogP contribution in [0.5, 0.6) is 0 Å². The van der Waals surface area contributed by atoms with Crippen molar-refractivity contribution in [1.29, 1.82) is 0 Å². The van der Waals surface area contributed by atoms with E-state index in [-0.39, 0.29) is 0 Å². The molecule has 1 fully saturated rings. The van der Waals surface area contributed by atoms with Gasteiger partial charge in [0.2, 0.25) is 0 Å². The Morgan fingerprint density at radius 3 is 2.93 bits per heavy atom. The van der Waals surface area contributed by atoms with E-state index in [2.05, 4.69) is 28.5 Å². The summed E-state index contributed by atoms with van der Waals surface area (Å²) < 4.78 is 0. The highest BCUT2D eigenvalue weighted by Gasteiger charge is 2.28. The maximum Gasteiger partial charge on any atom is 0.0404 e. The predicted molar refractivity (Wildman–Crippen MR) is 67.6 cm³/mol. The van der Waals surface area contributed by atoms with E-state index in [1.165, 1.54) is 17.7 Å². The molecule has 0 N–H and O–H groups in total. The summed E-state index contributed by atoms with van der Waals surface area (Å²) in [4.78, 5) is 4.00. The van der Waals surface area contributed by atoms with Crippen molar-refractivity contribution in [2.45, 2.75) is 25.4 Å². The van der Waals surface area contributed by atoms with Crippen molar-refractivity contribution in [3.63, 3.8) is 0 Å². The molecule has 0 amide bonds. The number of alkyl halides is 1. The second-order valence-corrected chi connectivity index (χ2v) is 5.21. The summed E-state index contributed by atoms with van der Waals surface area (Å²) in [5.41, 5.74) is 0. The number of halogens is 1. The van der Waals surface area contributed by atoms with Gasteiger partial charge >= 0.3 is 0 Å². The molecule has 0 unspecified atom stereocenters. The summed E-state index contributed by atoms with van der Waals surface area (Å²) in [7, 11) is 0. The molecule has 1 nitrogen and oxygen atoms in total. The Balaban J connectivity index is 1.86. The molecule has 1 aromatic rings. The minimum absolute atomic E-state index is 0.623. The molecular weight excluding hydrogens is 226 g/mol. The van der Waals surface area contributed by atoms with Gasteiger partial charge in [0, 0.05) is 29.9 Å². The Morgan fingerprint density at radius 2 is 2.33 bits per heavy atom. The van der Waals surface area contributed by atoms with Crippen LogP contribution in [0.1, 0.15) is 17.7 Å². The molecule has 3 heteroatoms. The van der Waals surface area contributed by atoms with Gasteiger partial charge in [0.1, 0.15) is 0 Å².